The van der Waals surface area contributed by atoms with Gasteiger partial charge in [-0.3, -0.25) is 4.79 Å². The van der Waals surface area contributed by atoms with Crippen LogP contribution in [0.15, 0.2) is 12.1 Å². The number of nitrogens with two attached hydrogens (primary N) is 2. The van der Waals surface area contributed by atoms with Crippen LogP contribution < -0.4 is 11.5 Å². The number of H-pyrrole nitrogens is 1. The van der Waals surface area contributed by atoms with E-state index in [9.17, 15) is 9.18 Å². The van der Waals surface area contributed by atoms with Crippen molar-refractivity contribution in [2.75, 3.05) is 0 Å². The van der Waals surface area contributed by atoms with Crippen LogP contribution in [0.5, 0.6) is 0 Å². The van der Waals surface area contributed by atoms with Gasteiger partial charge in [0.05, 0.1) is 16.1 Å². The molecule has 1 atom stereocenters. The van der Waals surface area contributed by atoms with Crippen molar-refractivity contribution in [3.63, 3.8) is 0 Å². The maximum atomic E-state index is 14.7. The van der Waals surface area contributed by atoms with Crippen LogP contribution >= 0.6 is 11.6 Å². The summed E-state index contributed by atoms with van der Waals surface area (Å²) in [6.07, 6.45) is 4.39. The third-order valence-corrected chi connectivity index (χ3v) is 4.60. The molecule has 0 saturated carbocycles. The number of rotatable bonds is 2. The number of hydrogen-bond acceptors (Lipinski definition) is 2. The maximum absolute atomic E-state index is 14.7. The Morgan fingerprint density at radius 2 is 2.23 bits per heavy atom. The molecular formula is C16H17ClFN3O. The number of amides is 1. The number of carbonyl (C=O) groups excluding carboxylic acids is 1. The molecule has 0 bridgehead atoms. The van der Waals surface area contributed by atoms with E-state index in [1.54, 1.807) is 6.92 Å². The first-order chi connectivity index (χ1) is 10.4. The number of halogens is 2. The molecule has 1 unspecified atom stereocenters. The first-order valence-electron chi connectivity index (χ1n) is 7.17. The van der Waals surface area contributed by atoms with Crippen LogP contribution in [0.2, 0.25) is 5.02 Å². The summed E-state index contributed by atoms with van der Waals surface area (Å²) in [7, 11) is 0. The molecule has 0 fully saturated rings. The minimum atomic E-state index is -0.692. The van der Waals surface area contributed by atoms with Gasteiger partial charge in [0.15, 0.2) is 0 Å². The third-order valence-electron chi connectivity index (χ3n) is 4.13. The van der Waals surface area contributed by atoms with Crippen LogP contribution in [0.25, 0.3) is 16.5 Å². The van der Waals surface area contributed by atoms with Gasteiger partial charge >= 0.3 is 0 Å². The minimum absolute atomic E-state index is 0.0900. The number of aromatic amines is 1. The lowest BCUT2D eigenvalue weighted by Gasteiger charge is -2.19. The standard InChI is InChI=1S/C16H17ClFN3O/c1-7-14(17)13-12(8-3-2-4-9(19)5-8)11(18)6-10(16(20)22)15(13)21-7/h5-6,9,21H,2-4,19H2,1H3,(H2,20,22). The van der Waals surface area contributed by atoms with Crippen LogP contribution in [-0.2, 0) is 0 Å². The molecule has 2 aromatic rings. The molecule has 0 saturated heterocycles. The van der Waals surface area contributed by atoms with Crippen molar-refractivity contribution in [3.8, 4) is 0 Å². The van der Waals surface area contributed by atoms with Crippen molar-refractivity contribution in [1.29, 1.82) is 0 Å². The molecule has 0 spiro atoms. The third kappa shape index (κ3) is 2.30. The molecule has 4 nitrogen and oxygen atoms in total. The highest BCUT2D eigenvalue weighted by Crippen LogP contribution is 2.39. The number of aryl methyl sites for hydroxylation is 1. The van der Waals surface area contributed by atoms with Crippen molar-refractivity contribution in [1.82, 2.24) is 4.98 Å². The largest absolute Gasteiger partial charge is 0.366 e. The fourth-order valence-electron chi connectivity index (χ4n) is 3.10. The van der Waals surface area contributed by atoms with Crippen molar-refractivity contribution >= 4 is 34.0 Å². The van der Waals surface area contributed by atoms with E-state index >= 15 is 0 Å². The average molecular weight is 322 g/mol. The number of primary amides is 1. The van der Waals surface area contributed by atoms with E-state index in [1.807, 2.05) is 6.08 Å². The highest BCUT2D eigenvalue weighted by Gasteiger charge is 2.24. The molecular weight excluding hydrogens is 305 g/mol. The Morgan fingerprint density at radius 1 is 1.50 bits per heavy atom. The fourth-order valence-corrected chi connectivity index (χ4v) is 3.34. The second kappa shape index (κ2) is 5.41. The summed E-state index contributed by atoms with van der Waals surface area (Å²) < 4.78 is 14.7. The SMILES string of the molecule is Cc1[nH]c2c(C(N)=O)cc(F)c(C3=CC(N)CCC3)c2c1Cl. The van der Waals surface area contributed by atoms with E-state index in [4.69, 9.17) is 23.1 Å². The molecule has 1 aliphatic carbocycles. The minimum Gasteiger partial charge on any atom is -0.366 e. The predicted molar refractivity (Wildman–Crippen MR) is 86.3 cm³/mol. The van der Waals surface area contributed by atoms with Crippen LogP contribution in [0.3, 0.4) is 0 Å². The molecule has 22 heavy (non-hydrogen) atoms. The van der Waals surface area contributed by atoms with Gasteiger partial charge in [0, 0.05) is 22.7 Å². The van der Waals surface area contributed by atoms with Crippen molar-refractivity contribution in [3.05, 3.63) is 39.8 Å². The quantitative estimate of drug-likeness (QED) is 0.793. The van der Waals surface area contributed by atoms with E-state index in [0.717, 1.165) is 24.8 Å². The molecule has 116 valence electrons. The summed E-state index contributed by atoms with van der Waals surface area (Å²) in [5.41, 5.74) is 13.8. The second-order valence-electron chi connectivity index (χ2n) is 5.71. The van der Waals surface area contributed by atoms with Gasteiger partial charge in [-0.1, -0.05) is 17.7 Å². The van der Waals surface area contributed by atoms with E-state index in [0.29, 0.717) is 27.2 Å². The van der Waals surface area contributed by atoms with Gasteiger partial charge < -0.3 is 16.5 Å². The fraction of sp³-hybridized carbons (Fsp3) is 0.312. The number of fused-ring (bicyclic) bond motifs is 1. The summed E-state index contributed by atoms with van der Waals surface area (Å²) in [6, 6.07) is 1.08. The van der Waals surface area contributed by atoms with E-state index in [-0.39, 0.29) is 11.6 Å². The van der Waals surface area contributed by atoms with Gasteiger partial charge in [-0.15, -0.1) is 0 Å². The van der Waals surface area contributed by atoms with E-state index in [1.165, 1.54) is 6.07 Å². The lowest BCUT2D eigenvalue weighted by Crippen LogP contribution is -2.20. The zero-order valence-electron chi connectivity index (χ0n) is 12.2. The molecule has 3 rings (SSSR count). The van der Waals surface area contributed by atoms with E-state index < -0.39 is 11.7 Å². The first-order valence-corrected chi connectivity index (χ1v) is 7.54. The van der Waals surface area contributed by atoms with Crippen molar-refractivity contribution in [2.45, 2.75) is 32.2 Å². The van der Waals surface area contributed by atoms with Gasteiger partial charge in [0.2, 0.25) is 0 Å². The molecule has 6 heteroatoms. The number of benzene rings is 1. The molecule has 1 aliphatic rings. The van der Waals surface area contributed by atoms with Crippen molar-refractivity contribution < 1.29 is 9.18 Å². The van der Waals surface area contributed by atoms with Gasteiger partial charge in [0.25, 0.3) is 5.91 Å². The Bertz CT molecular complexity index is 810. The normalized spacial score (nSPS) is 18.5. The van der Waals surface area contributed by atoms with Crippen LogP contribution in [0.4, 0.5) is 4.39 Å². The number of allylic oxidation sites excluding steroid dienone is 1. The zero-order chi connectivity index (χ0) is 16.0. The Labute approximate surface area is 132 Å². The predicted octanol–water partition coefficient (Wildman–Crippen LogP) is 3.26. The van der Waals surface area contributed by atoms with Gasteiger partial charge in [-0.2, -0.15) is 0 Å². The number of nitrogens with one attached hydrogen (secondary N) is 1. The summed E-state index contributed by atoms with van der Waals surface area (Å²) in [5, 5.41) is 0.917. The summed E-state index contributed by atoms with van der Waals surface area (Å²) in [5.74, 6) is -1.19. The Hall–Kier alpha value is -1.85. The number of carbonyl (C=O) groups is 1. The van der Waals surface area contributed by atoms with Gasteiger partial charge in [0.1, 0.15) is 5.82 Å². The Balaban J connectivity index is 2.38. The van der Waals surface area contributed by atoms with E-state index in [2.05, 4.69) is 4.98 Å². The topological polar surface area (TPSA) is 84.9 Å². The Kier molecular flexibility index (Phi) is 3.70. The maximum Gasteiger partial charge on any atom is 0.250 e. The smallest absolute Gasteiger partial charge is 0.250 e. The van der Waals surface area contributed by atoms with Crippen LogP contribution in [0.1, 0.15) is 40.9 Å². The van der Waals surface area contributed by atoms with Crippen molar-refractivity contribution in [2.24, 2.45) is 11.5 Å². The Morgan fingerprint density at radius 3 is 2.86 bits per heavy atom. The molecule has 1 aromatic carbocycles. The first kappa shape index (κ1) is 15.1. The van der Waals surface area contributed by atoms with Crippen LogP contribution in [-0.4, -0.2) is 16.9 Å². The monoisotopic (exact) mass is 321 g/mol. The van der Waals surface area contributed by atoms with Gasteiger partial charge in [-0.05, 0) is 37.8 Å². The molecule has 5 N–H and O–H groups in total. The lowest BCUT2D eigenvalue weighted by molar-refractivity contribution is 0.100. The summed E-state index contributed by atoms with van der Waals surface area (Å²) >= 11 is 6.34. The number of aromatic nitrogens is 1. The molecule has 0 radical (unpaired) electrons. The molecule has 0 aliphatic heterocycles. The highest BCUT2D eigenvalue weighted by atomic mass is 35.5. The zero-order valence-corrected chi connectivity index (χ0v) is 12.9. The molecule has 1 heterocycles. The second-order valence-corrected chi connectivity index (χ2v) is 6.09. The lowest BCUT2D eigenvalue weighted by atomic mass is 9.88. The summed E-state index contributed by atoms with van der Waals surface area (Å²) in [6.45, 7) is 1.77. The molecule has 1 amide bonds. The number of hydrogen-bond donors (Lipinski definition) is 3. The van der Waals surface area contributed by atoms with Crippen LogP contribution in [0, 0.1) is 12.7 Å². The molecule has 1 aromatic heterocycles. The van der Waals surface area contributed by atoms with Gasteiger partial charge in [-0.25, -0.2) is 4.39 Å². The summed E-state index contributed by atoms with van der Waals surface area (Å²) in [4.78, 5) is 14.6. The average Bonchev–Trinajstić information content (AvgIpc) is 2.74. The highest BCUT2D eigenvalue weighted by molar-refractivity contribution is 6.37.